The highest BCUT2D eigenvalue weighted by molar-refractivity contribution is 5.79. The van der Waals surface area contributed by atoms with E-state index in [1.54, 1.807) is 33.4 Å². The van der Waals surface area contributed by atoms with Crippen molar-refractivity contribution in [3.8, 4) is 11.5 Å². The monoisotopic (exact) mass is 373 g/mol. The summed E-state index contributed by atoms with van der Waals surface area (Å²) in [5, 5.41) is 3.37. The van der Waals surface area contributed by atoms with Crippen LogP contribution in [0.2, 0.25) is 0 Å². The van der Waals surface area contributed by atoms with Crippen LogP contribution in [0.4, 0.5) is 4.39 Å². The number of guanidine groups is 1. The van der Waals surface area contributed by atoms with Gasteiger partial charge in [-0.3, -0.25) is 4.99 Å². The van der Waals surface area contributed by atoms with E-state index < -0.39 is 0 Å². The van der Waals surface area contributed by atoms with Gasteiger partial charge in [0, 0.05) is 27.2 Å². The summed E-state index contributed by atoms with van der Waals surface area (Å²) >= 11 is 0. The topological polar surface area (TPSA) is 46.1 Å². The molecule has 6 heteroatoms. The Bertz CT molecular complexity index is 748. The molecule has 0 unspecified atom stereocenters. The minimum absolute atomic E-state index is 0.223. The number of aliphatic imine (C=N–C) groups is 1. The fourth-order valence-electron chi connectivity index (χ4n) is 2.85. The van der Waals surface area contributed by atoms with Crippen LogP contribution in [0.5, 0.6) is 11.5 Å². The molecule has 2 rings (SSSR count). The molecule has 0 aliphatic carbocycles. The molecule has 0 heterocycles. The predicted molar refractivity (Wildman–Crippen MR) is 107 cm³/mol. The van der Waals surface area contributed by atoms with Crippen LogP contribution >= 0.6 is 0 Å². The first-order valence-corrected chi connectivity index (χ1v) is 8.94. The van der Waals surface area contributed by atoms with Crippen LogP contribution in [-0.2, 0) is 13.0 Å². The van der Waals surface area contributed by atoms with Crippen LogP contribution in [0.3, 0.4) is 0 Å². The van der Waals surface area contributed by atoms with Gasteiger partial charge in [-0.1, -0.05) is 18.2 Å². The number of halogens is 1. The molecule has 146 valence electrons. The van der Waals surface area contributed by atoms with Crippen LogP contribution in [0, 0.1) is 5.82 Å². The van der Waals surface area contributed by atoms with Gasteiger partial charge in [0.05, 0.1) is 14.2 Å². The van der Waals surface area contributed by atoms with E-state index in [0.29, 0.717) is 6.54 Å². The molecule has 27 heavy (non-hydrogen) atoms. The van der Waals surface area contributed by atoms with Crippen LogP contribution in [0.25, 0.3) is 0 Å². The Hall–Kier alpha value is -2.76. The Morgan fingerprint density at radius 1 is 1.04 bits per heavy atom. The number of nitrogens with one attached hydrogen (secondary N) is 1. The van der Waals surface area contributed by atoms with Crippen molar-refractivity contribution in [3.05, 3.63) is 59.4 Å². The van der Waals surface area contributed by atoms with Gasteiger partial charge in [0.25, 0.3) is 0 Å². The van der Waals surface area contributed by atoms with E-state index in [-0.39, 0.29) is 5.82 Å². The second-order valence-corrected chi connectivity index (χ2v) is 6.25. The summed E-state index contributed by atoms with van der Waals surface area (Å²) in [7, 11) is 7.00. The zero-order valence-electron chi connectivity index (χ0n) is 16.5. The standard InChI is InChI=1S/C21H28FN3O2/c1-23-21(25(2)15-17-7-10-18(22)11-8-17)24-13-5-6-16-9-12-19(26-3)20(14-16)27-4/h7-12,14H,5-6,13,15H2,1-4H3,(H,23,24). The molecule has 0 fully saturated rings. The van der Waals surface area contributed by atoms with Crippen LogP contribution in [0.15, 0.2) is 47.5 Å². The van der Waals surface area contributed by atoms with Crippen molar-refractivity contribution in [1.29, 1.82) is 0 Å². The quantitative estimate of drug-likeness (QED) is 0.437. The molecule has 0 radical (unpaired) electrons. The van der Waals surface area contributed by atoms with Gasteiger partial charge in [-0.05, 0) is 48.2 Å². The lowest BCUT2D eigenvalue weighted by atomic mass is 10.1. The Morgan fingerprint density at radius 2 is 1.70 bits per heavy atom. The Kier molecular flexibility index (Phi) is 7.92. The van der Waals surface area contributed by atoms with Crippen molar-refractivity contribution < 1.29 is 13.9 Å². The second kappa shape index (κ2) is 10.4. The predicted octanol–water partition coefficient (Wildman–Crippen LogP) is 3.48. The smallest absolute Gasteiger partial charge is 0.193 e. The Morgan fingerprint density at radius 3 is 2.33 bits per heavy atom. The molecule has 2 aromatic rings. The number of rotatable bonds is 8. The van der Waals surface area contributed by atoms with E-state index in [0.717, 1.165) is 42.4 Å². The third kappa shape index (κ3) is 6.16. The maximum atomic E-state index is 13.0. The molecular weight excluding hydrogens is 345 g/mol. The molecule has 0 saturated heterocycles. The first kappa shape index (κ1) is 20.6. The highest BCUT2D eigenvalue weighted by atomic mass is 19.1. The second-order valence-electron chi connectivity index (χ2n) is 6.25. The molecule has 1 N–H and O–H groups in total. The third-order valence-corrected chi connectivity index (χ3v) is 4.28. The summed E-state index contributed by atoms with van der Waals surface area (Å²) < 4.78 is 23.6. The number of methoxy groups -OCH3 is 2. The maximum Gasteiger partial charge on any atom is 0.193 e. The van der Waals surface area contributed by atoms with Gasteiger partial charge in [-0.25, -0.2) is 4.39 Å². The lowest BCUT2D eigenvalue weighted by molar-refractivity contribution is 0.354. The normalized spacial score (nSPS) is 11.2. The van der Waals surface area contributed by atoms with Gasteiger partial charge >= 0.3 is 0 Å². The SMILES string of the molecule is CN=C(NCCCc1ccc(OC)c(OC)c1)N(C)Cc1ccc(F)cc1. The van der Waals surface area contributed by atoms with Crippen molar-refractivity contribution in [2.75, 3.05) is 34.9 Å². The Labute approximate surface area is 160 Å². The number of benzene rings is 2. The average Bonchev–Trinajstić information content (AvgIpc) is 2.69. The number of aryl methyl sites for hydroxylation is 1. The zero-order valence-corrected chi connectivity index (χ0v) is 16.5. The summed E-state index contributed by atoms with van der Waals surface area (Å²) in [6.45, 7) is 1.46. The minimum atomic E-state index is -0.223. The fraction of sp³-hybridized carbons (Fsp3) is 0.381. The van der Waals surface area contributed by atoms with Gasteiger partial charge in [0.2, 0.25) is 0 Å². The average molecular weight is 373 g/mol. The van der Waals surface area contributed by atoms with Crippen molar-refractivity contribution in [2.45, 2.75) is 19.4 Å². The number of ether oxygens (including phenoxy) is 2. The molecule has 0 bridgehead atoms. The molecule has 2 aromatic carbocycles. The lowest BCUT2D eigenvalue weighted by Crippen LogP contribution is -2.39. The third-order valence-electron chi connectivity index (χ3n) is 4.28. The van der Waals surface area contributed by atoms with E-state index in [9.17, 15) is 4.39 Å². The minimum Gasteiger partial charge on any atom is -0.493 e. The van der Waals surface area contributed by atoms with Crippen molar-refractivity contribution in [2.24, 2.45) is 4.99 Å². The van der Waals surface area contributed by atoms with Gasteiger partial charge in [-0.2, -0.15) is 0 Å². The van der Waals surface area contributed by atoms with Gasteiger partial charge in [0.1, 0.15) is 5.82 Å². The summed E-state index contributed by atoms with van der Waals surface area (Å²) in [6.07, 6.45) is 1.88. The molecule has 5 nitrogen and oxygen atoms in total. The molecule has 0 saturated carbocycles. The molecule has 0 aliphatic heterocycles. The highest BCUT2D eigenvalue weighted by Crippen LogP contribution is 2.27. The van der Waals surface area contributed by atoms with Gasteiger partial charge < -0.3 is 19.7 Å². The summed E-state index contributed by atoms with van der Waals surface area (Å²) in [6, 6.07) is 12.5. The largest absolute Gasteiger partial charge is 0.493 e. The Balaban J connectivity index is 1.81. The van der Waals surface area contributed by atoms with E-state index >= 15 is 0 Å². The van der Waals surface area contributed by atoms with Gasteiger partial charge in [0.15, 0.2) is 17.5 Å². The number of nitrogens with zero attached hydrogens (tertiary/aromatic N) is 2. The molecular formula is C21H28FN3O2. The highest BCUT2D eigenvalue weighted by Gasteiger charge is 2.07. The first-order chi connectivity index (χ1) is 13.1. The van der Waals surface area contributed by atoms with Crippen molar-refractivity contribution in [3.63, 3.8) is 0 Å². The number of hydrogen-bond donors (Lipinski definition) is 1. The first-order valence-electron chi connectivity index (χ1n) is 8.94. The maximum absolute atomic E-state index is 13.0. The number of hydrogen-bond acceptors (Lipinski definition) is 3. The molecule has 0 atom stereocenters. The van der Waals surface area contributed by atoms with Crippen LogP contribution < -0.4 is 14.8 Å². The van der Waals surface area contributed by atoms with E-state index in [2.05, 4.69) is 16.4 Å². The molecule has 0 aliphatic rings. The van der Waals surface area contributed by atoms with Crippen LogP contribution in [0.1, 0.15) is 17.5 Å². The summed E-state index contributed by atoms with van der Waals surface area (Å²) in [5.74, 6) is 2.07. The van der Waals surface area contributed by atoms with Crippen molar-refractivity contribution in [1.82, 2.24) is 10.2 Å². The van der Waals surface area contributed by atoms with Crippen molar-refractivity contribution >= 4 is 5.96 Å². The molecule has 0 amide bonds. The molecule has 0 spiro atoms. The molecule has 0 aromatic heterocycles. The summed E-state index contributed by atoms with van der Waals surface area (Å²) in [4.78, 5) is 6.33. The lowest BCUT2D eigenvalue weighted by Gasteiger charge is -2.22. The van der Waals surface area contributed by atoms with Gasteiger partial charge in [-0.15, -0.1) is 0 Å². The fourth-order valence-corrected chi connectivity index (χ4v) is 2.85. The zero-order chi connectivity index (χ0) is 19.6. The van der Waals surface area contributed by atoms with E-state index in [1.165, 1.54) is 17.7 Å². The van der Waals surface area contributed by atoms with E-state index in [4.69, 9.17) is 9.47 Å². The van der Waals surface area contributed by atoms with Crippen LogP contribution in [-0.4, -0.2) is 45.7 Å². The summed E-state index contributed by atoms with van der Waals surface area (Å²) in [5.41, 5.74) is 2.23. The van der Waals surface area contributed by atoms with E-state index in [1.807, 2.05) is 24.1 Å².